The lowest BCUT2D eigenvalue weighted by molar-refractivity contribution is -0.113. The van der Waals surface area contributed by atoms with Crippen molar-refractivity contribution in [2.24, 2.45) is 0 Å². The van der Waals surface area contributed by atoms with Gasteiger partial charge in [0.15, 0.2) is 0 Å². The second kappa shape index (κ2) is 8.17. The summed E-state index contributed by atoms with van der Waals surface area (Å²) in [6.45, 7) is 0. The number of para-hydroxylation sites is 1. The summed E-state index contributed by atoms with van der Waals surface area (Å²) in [5.74, 6) is -0.415. The second-order valence-corrected chi connectivity index (χ2v) is 6.66. The average molecular weight is 375 g/mol. The number of hydrogen-bond donors (Lipinski definition) is 1. The van der Waals surface area contributed by atoms with Gasteiger partial charge in [0.1, 0.15) is 5.82 Å². The molecule has 0 atom stereocenters. The molecule has 1 aromatic heterocycles. The third-order valence-corrected chi connectivity index (χ3v) is 4.83. The second-order valence-electron chi connectivity index (χ2n) is 4.89. The SMILES string of the molecule is CSc1ccccc1NC(=O)CSc1nnc(-c2ccccc2F)o1. The van der Waals surface area contributed by atoms with E-state index < -0.39 is 5.82 Å². The minimum atomic E-state index is -0.436. The van der Waals surface area contributed by atoms with Gasteiger partial charge in [0.05, 0.1) is 17.0 Å². The molecule has 0 aliphatic carbocycles. The first-order chi connectivity index (χ1) is 12.2. The van der Waals surface area contributed by atoms with Crippen LogP contribution in [0.5, 0.6) is 0 Å². The number of nitrogens with zero attached hydrogens (tertiary/aromatic N) is 2. The molecule has 1 heterocycles. The highest BCUT2D eigenvalue weighted by atomic mass is 32.2. The summed E-state index contributed by atoms with van der Waals surface area (Å²) in [6, 6.07) is 13.7. The minimum Gasteiger partial charge on any atom is -0.411 e. The molecule has 5 nitrogen and oxygen atoms in total. The number of nitrogens with one attached hydrogen (secondary N) is 1. The molecule has 25 heavy (non-hydrogen) atoms. The zero-order chi connectivity index (χ0) is 17.6. The van der Waals surface area contributed by atoms with Gasteiger partial charge in [-0.3, -0.25) is 4.79 Å². The Kier molecular flexibility index (Phi) is 5.72. The van der Waals surface area contributed by atoms with E-state index in [0.717, 1.165) is 22.3 Å². The Morgan fingerprint density at radius 2 is 1.92 bits per heavy atom. The van der Waals surface area contributed by atoms with Crippen LogP contribution in [-0.4, -0.2) is 28.1 Å². The first-order valence-corrected chi connectivity index (χ1v) is 9.52. The monoisotopic (exact) mass is 375 g/mol. The Morgan fingerprint density at radius 3 is 2.72 bits per heavy atom. The van der Waals surface area contributed by atoms with Gasteiger partial charge in [-0.2, -0.15) is 0 Å². The van der Waals surface area contributed by atoms with Crippen LogP contribution in [0.2, 0.25) is 0 Å². The Balaban J connectivity index is 1.61. The number of carbonyl (C=O) groups excluding carboxylic acids is 1. The van der Waals surface area contributed by atoms with Crippen molar-refractivity contribution in [3.05, 3.63) is 54.3 Å². The molecule has 1 N–H and O–H groups in total. The van der Waals surface area contributed by atoms with Crippen LogP contribution in [-0.2, 0) is 4.79 Å². The zero-order valence-electron chi connectivity index (χ0n) is 13.2. The number of benzene rings is 2. The number of aromatic nitrogens is 2. The molecule has 0 aliphatic rings. The third-order valence-electron chi connectivity index (χ3n) is 3.22. The highest BCUT2D eigenvalue weighted by Crippen LogP contribution is 2.27. The van der Waals surface area contributed by atoms with E-state index in [-0.39, 0.29) is 28.3 Å². The van der Waals surface area contributed by atoms with Crippen LogP contribution in [0, 0.1) is 5.82 Å². The third kappa shape index (κ3) is 4.40. The Labute approximate surface area is 152 Å². The van der Waals surface area contributed by atoms with Crippen molar-refractivity contribution in [2.45, 2.75) is 10.1 Å². The molecular weight excluding hydrogens is 361 g/mol. The maximum Gasteiger partial charge on any atom is 0.277 e. The summed E-state index contributed by atoms with van der Waals surface area (Å²) in [5, 5.41) is 10.7. The molecule has 8 heteroatoms. The number of thioether (sulfide) groups is 2. The number of carbonyl (C=O) groups is 1. The molecule has 0 fully saturated rings. The molecule has 3 rings (SSSR count). The van der Waals surface area contributed by atoms with Crippen LogP contribution in [0.1, 0.15) is 0 Å². The normalized spacial score (nSPS) is 10.6. The molecule has 128 valence electrons. The first-order valence-electron chi connectivity index (χ1n) is 7.31. The van der Waals surface area contributed by atoms with Gasteiger partial charge in [-0.05, 0) is 30.5 Å². The van der Waals surface area contributed by atoms with Crippen LogP contribution in [0.15, 0.2) is 63.1 Å². The lowest BCUT2D eigenvalue weighted by atomic mass is 10.2. The first kappa shape index (κ1) is 17.5. The fraction of sp³-hybridized carbons (Fsp3) is 0.118. The van der Waals surface area contributed by atoms with Crippen LogP contribution < -0.4 is 5.32 Å². The van der Waals surface area contributed by atoms with Crippen LogP contribution in [0.4, 0.5) is 10.1 Å². The predicted molar refractivity (Wildman–Crippen MR) is 97.3 cm³/mol. The summed E-state index contributed by atoms with van der Waals surface area (Å²) in [5.41, 5.74) is 0.998. The topological polar surface area (TPSA) is 68.0 Å². The predicted octanol–water partition coefficient (Wildman–Crippen LogP) is 4.33. The van der Waals surface area contributed by atoms with E-state index in [1.54, 1.807) is 30.0 Å². The largest absolute Gasteiger partial charge is 0.411 e. The van der Waals surface area contributed by atoms with Crippen molar-refractivity contribution in [1.29, 1.82) is 0 Å². The van der Waals surface area contributed by atoms with Crippen molar-refractivity contribution in [3.8, 4) is 11.5 Å². The minimum absolute atomic E-state index is 0.0914. The molecule has 0 saturated carbocycles. The number of rotatable bonds is 6. The fourth-order valence-electron chi connectivity index (χ4n) is 2.07. The maximum absolute atomic E-state index is 13.7. The van der Waals surface area contributed by atoms with Crippen molar-refractivity contribution < 1.29 is 13.6 Å². The maximum atomic E-state index is 13.7. The summed E-state index contributed by atoms with van der Waals surface area (Å²) >= 11 is 2.66. The molecular formula is C17H14FN3O2S2. The molecule has 0 aliphatic heterocycles. The summed E-state index contributed by atoms with van der Waals surface area (Å²) in [4.78, 5) is 13.1. The quantitative estimate of drug-likeness (QED) is 0.647. The van der Waals surface area contributed by atoms with Gasteiger partial charge in [0.2, 0.25) is 5.91 Å². The van der Waals surface area contributed by atoms with Gasteiger partial charge in [-0.25, -0.2) is 4.39 Å². The van der Waals surface area contributed by atoms with Crippen LogP contribution in [0.3, 0.4) is 0 Å². The Morgan fingerprint density at radius 1 is 1.16 bits per heavy atom. The number of amides is 1. The van der Waals surface area contributed by atoms with Gasteiger partial charge in [0.25, 0.3) is 11.1 Å². The summed E-state index contributed by atoms with van der Waals surface area (Å²) in [6.07, 6.45) is 1.95. The van der Waals surface area contributed by atoms with Crippen LogP contribution in [0.25, 0.3) is 11.5 Å². The molecule has 3 aromatic rings. The molecule has 0 radical (unpaired) electrons. The molecule has 1 amide bonds. The van der Waals surface area contributed by atoms with E-state index in [0.29, 0.717) is 0 Å². The van der Waals surface area contributed by atoms with Crippen molar-refractivity contribution >= 4 is 35.1 Å². The molecule has 0 bridgehead atoms. The lowest BCUT2D eigenvalue weighted by Gasteiger charge is -2.08. The van der Waals surface area contributed by atoms with Crippen molar-refractivity contribution in [1.82, 2.24) is 10.2 Å². The molecule has 2 aromatic carbocycles. The van der Waals surface area contributed by atoms with E-state index >= 15 is 0 Å². The van der Waals surface area contributed by atoms with E-state index in [2.05, 4.69) is 15.5 Å². The fourth-order valence-corrected chi connectivity index (χ4v) is 3.19. The van der Waals surface area contributed by atoms with Gasteiger partial charge < -0.3 is 9.73 Å². The molecule has 0 spiro atoms. The van der Waals surface area contributed by atoms with Gasteiger partial charge in [0, 0.05) is 4.90 Å². The molecule has 0 unspecified atom stereocenters. The van der Waals surface area contributed by atoms with E-state index in [9.17, 15) is 9.18 Å². The summed E-state index contributed by atoms with van der Waals surface area (Å²) in [7, 11) is 0. The average Bonchev–Trinajstić information content (AvgIpc) is 3.09. The van der Waals surface area contributed by atoms with E-state index in [1.807, 2.05) is 30.5 Å². The van der Waals surface area contributed by atoms with Gasteiger partial charge in [-0.15, -0.1) is 22.0 Å². The number of anilines is 1. The standard InChI is InChI=1S/C17H14FN3O2S2/c1-24-14-9-5-4-8-13(14)19-15(22)10-25-17-21-20-16(23-17)11-6-2-3-7-12(11)18/h2-9H,10H2,1H3,(H,19,22). The van der Waals surface area contributed by atoms with E-state index in [4.69, 9.17) is 4.42 Å². The van der Waals surface area contributed by atoms with Gasteiger partial charge >= 0.3 is 0 Å². The zero-order valence-corrected chi connectivity index (χ0v) is 14.9. The Bertz CT molecular complexity index is 886. The van der Waals surface area contributed by atoms with Crippen LogP contribution >= 0.6 is 23.5 Å². The Hall–Kier alpha value is -2.32. The van der Waals surface area contributed by atoms with E-state index in [1.165, 1.54) is 6.07 Å². The summed E-state index contributed by atoms with van der Waals surface area (Å²) < 4.78 is 19.1. The molecule has 0 saturated heterocycles. The van der Waals surface area contributed by atoms with Crippen molar-refractivity contribution in [3.63, 3.8) is 0 Å². The lowest BCUT2D eigenvalue weighted by Crippen LogP contribution is -2.14. The highest BCUT2D eigenvalue weighted by molar-refractivity contribution is 7.99. The van der Waals surface area contributed by atoms with Crippen molar-refractivity contribution in [2.75, 3.05) is 17.3 Å². The smallest absolute Gasteiger partial charge is 0.277 e. The van der Waals surface area contributed by atoms with Gasteiger partial charge in [-0.1, -0.05) is 36.0 Å². The number of halogens is 1. The number of hydrogen-bond acceptors (Lipinski definition) is 6. The highest BCUT2D eigenvalue weighted by Gasteiger charge is 2.14.